The van der Waals surface area contributed by atoms with Crippen LogP contribution in [0.3, 0.4) is 0 Å². The Morgan fingerprint density at radius 2 is 1.42 bits per heavy atom. The summed E-state index contributed by atoms with van der Waals surface area (Å²) in [5, 5.41) is 9.40. The lowest BCUT2D eigenvalue weighted by Crippen LogP contribution is -2.50. The van der Waals surface area contributed by atoms with Crippen molar-refractivity contribution in [3.8, 4) is 0 Å². The third kappa shape index (κ3) is 21.4. The molecule has 216 valence electrons. The Balaban J connectivity index is 4.20. The molecule has 0 bridgehead atoms. The number of rotatable bonds is 22. The fraction of sp³-hybridized carbons (Fsp3) is 0.633. The molecule has 2 atom stereocenters. The van der Waals surface area contributed by atoms with Gasteiger partial charge in [-0.05, 0) is 44.9 Å². The van der Waals surface area contributed by atoms with E-state index in [1.54, 1.807) is 0 Å². The molecule has 0 aromatic heterocycles. The minimum absolute atomic E-state index is 0.0322. The van der Waals surface area contributed by atoms with Gasteiger partial charge in [-0.25, -0.2) is 4.79 Å². The Hall–Kier alpha value is -2.71. The van der Waals surface area contributed by atoms with Crippen molar-refractivity contribution in [2.75, 3.05) is 41.0 Å². The van der Waals surface area contributed by atoms with E-state index < -0.39 is 24.1 Å². The molecule has 0 aliphatic heterocycles. The second-order valence-electron chi connectivity index (χ2n) is 10.00. The third-order valence-corrected chi connectivity index (χ3v) is 5.55. The standard InChI is InChI=1S/C30H49NO7/c1-6-7-8-9-10-11-12-13-14-15-16-17-18-19-20-21-29(33)38-27(25-37-26(2)32)24-36-23-22-28(30(34)35)31(3,4)5/h7-8,10-11,13-14,16-17,27-28H,6,9,12,15,18-25H2,1-5H3/p+1/b8-7-,11-10-,14-13-,17-16-. The summed E-state index contributed by atoms with van der Waals surface area (Å²) in [5.74, 6) is -1.74. The smallest absolute Gasteiger partial charge is 0.362 e. The van der Waals surface area contributed by atoms with Crippen molar-refractivity contribution in [1.82, 2.24) is 0 Å². The Morgan fingerprint density at radius 1 is 0.842 bits per heavy atom. The van der Waals surface area contributed by atoms with Crippen molar-refractivity contribution < 1.29 is 38.2 Å². The Kier molecular flexibility index (Phi) is 20.7. The van der Waals surface area contributed by atoms with Crippen LogP contribution in [0.5, 0.6) is 0 Å². The monoisotopic (exact) mass is 536 g/mol. The van der Waals surface area contributed by atoms with Crippen LogP contribution < -0.4 is 0 Å². The van der Waals surface area contributed by atoms with Crippen molar-refractivity contribution in [2.24, 2.45) is 0 Å². The number of carboxylic acids is 1. The summed E-state index contributed by atoms with van der Waals surface area (Å²) >= 11 is 0. The van der Waals surface area contributed by atoms with Gasteiger partial charge in [0.1, 0.15) is 6.61 Å². The Bertz CT molecular complexity index is 778. The van der Waals surface area contributed by atoms with E-state index in [1.165, 1.54) is 6.92 Å². The maximum absolute atomic E-state index is 12.3. The van der Waals surface area contributed by atoms with Crippen LogP contribution in [-0.2, 0) is 28.6 Å². The number of allylic oxidation sites excluding steroid dienone is 8. The number of unbranched alkanes of at least 4 members (excludes halogenated alkanes) is 2. The largest absolute Gasteiger partial charge is 0.477 e. The summed E-state index contributed by atoms with van der Waals surface area (Å²) in [7, 11) is 5.43. The number of esters is 2. The number of nitrogens with zero attached hydrogens (tertiary/aromatic N) is 1. The van der Waals surface area contributed by atoms with Crippen LogP contribution in [0.15, 0.2) is 48.6 Å². The fourth-order valence-corrected chi connectivity index (χ4v) is 3.45. The molecule has 2 unspecified atom stereocenters. The van der Waals surface area contributed by atoms with Crippen molar-refractivity contribution in [1.29, 1.82) is 0 Å². The Morgan fingerprint density at radius 3 is 1.95 bits per heavy atom. The lowest BCUT2D eigenvalue weighted by molar-refractivity contribution is -0.887. The van der Waals surface area contributed by atoms with Gasteiger partial charge in [0.15, 0.2) is 12.1 Å². The highest BCUT2D eigenvalue weighted by Crippen LogP contribution is 2.10. The lowest BCUT2D eigenvalue weighted by atomic mass is 10.1. The molecular weight excluding hydrogens is 486 g/mol. The summed E-state index contributed by atoms with van der Waals surface area (Å²) in [6.07, 6.45) is 23.5. The summed E-state index contributed by atoms with van der Waals surface area (Å²) < 4.78 is 16.3. The van der Waals surface area contributed by atoms with Crippen LogP contribution in [0.25, 0.3) is 0 Å². The average molecular weight is 537 g/mol. The first kappa shape index (κ1) is 35.3. The second-order valence-corrected chi connectivity index (χ2v) is 10.00. The van der Waals surface area contributed by atoms with E-state index in [9.17, 15) is 19.5 Å². The van der Waals surface area contributed by atoms with Gasteiger partial charge < -0.3 is 23.8 Å². The van der Waals surface area contributed by atoms with Crippen molar-refractivity contribution in [3.05, 3.63) is 48.6 Å². The number of carbonyl (C=O) groups excluding carboxylic acids is 2. The van der Waals surface area contributed by atoms with Crippen LogP contribution in [0, 0.1) is 0 Å². The first-order valence-electron chi connectivity index (χ1n) is 13.6. The minimum atomic E-state index is -0.894. The molecule has 0 aliphatic carbocycles. The van der Waals surface area contributed by atoms with Crippen LogP contribution in [0.2, 0.25) is 0 Å². The first-order chi connectivity index (χ1) is 18.1. The van der Waals surface area contributed by atoms with E-state index in [4.69, 9.17) is 14.2 Å². The average Bonchev–Trinajstić information content (AvgIpc) is 2.83. The van der Waals surface area contributed by atoms with Crippen LogP contribution >= 0.6 is 0 Å². The first-order valence-corrected chi connectivity index (χ1v) is 13.6. The summed E-state index contributed by atoms with van der Waals surface area (Å²) in [5.41, 5.74) is 0. The number of carboxylic acid groups (broad SMARTS) is 1. The van der Waals surface area contributed by atoms with Gasteiger partial charge in [0.05, 0.1) is 34.4 Å². The van der Waals surface area contributed by atoms with E-state index in [2.05, 4.69) is 55.5 Å². The topological polar surface area (TPSA) is 99.1 Å². The highest BCUT2D eigenvalue weighted by Gasteiger charge is 2.31. The van der Waals surface area contributed by atoms with Gasteiger partial charge in [-0.15, -0.1) is 0 Å². The predicted octanol–water partition coefficient (Wildman–Crippen LogP) is 5.39. The summed E-state index contributed by atoms with van der Waals surface area (Å²) in [4.78, 5) is 34.9. The van der Waals surface area contributed by atoms with Crippen molar-refractivity contribution >= 4 is 17.9 Å². The van der Waals surface area contributed by atoms with E-state index in [-0.39, 0.29) is 36.7 Å². The van der Waals surface area contributed by atoms with Gasteiger partial charge in [-0.3, -0.25) is 9.59 Å². The highest BCUT2D eigenvalue weighted by atomic mass is 16.6. The number of ether oxygens (including phenoxy) is 3. The van der Waals surface area contributed by atoms with Crippen molar-refractivity contribution in [3.63, 3.8) is 0 Å². The number of likely N-dealkylation sites (N-methyl/N-ethyl adjacent to an activating group) is 1. The predicted molar refractivity (Wildman–Crippen MR) is 151 cm³/mol. The molecule has 0 saturated heterocycles. The van der Waals surface area contributed by atoms with E-state index >= 15 is 0 Å². The van der Waals surface area contributed by atoms with E-state index in [0.29, 0.717) is 12.8 Å². The van der Waals surface area contributed by atoms with Crippen LogP contribution in [0.1, 0.15) is 71.6 Å². The normalized spacial score (nSPS) is 14.0. The molecule has 0 amide bonds. The number of hydrogen-bond acceptors (Lipinski definition) is 6. The second kappa shape index (κ2) is 22.3. The van der Waals surface area contributed by atoms with Crippen molar-refractivity contribution in [2.45, 2.75) is 83.8 Å². The molecule has 0 aromatic carbocycles. The molecule has 0 aliphatic rings. The minimum Gasteiger partial charge on any atom is -0.477 e. The molecule has 0 saturated carbocycles. The molecule has 1 N–H and O–H groups in total. The van der Waals surface area contributed by atoms with Gasteiger partial charge >= 0.3 is 17.9 Å². The molecule has 0 fully saturated rings. The molecule has 0 rings (SSSR count). The zero-order chi connectivity index (χ0) is 28.7. The lowest BCUT2D eigenvalue weighted by Gasteiger charge is -2.31. The molecule has 0 radical (unpaired) electrons. The molecule has 38 heavy (non-hydrogen) atoms. The number of carbonyl (C=O) groups is 3. The van der Waals surface area contributed by atoms with Gasteiger partial charge in [0.25, 0.3) is 0 Å². The number of quaternary nitrogens is 1. The number of aliphatic carboxylic acids is 1. The van der Waals surface area contributed by atoms with Gasteiger partial charge in [-0.1, -0.05) is 55.5 Å². The number of hydrogen-bond donors (Lipinski definition) is 1. The third-order valence-electron chi connectivity index (χ3n) is 5.55. The van der Waals surface area contributed by atoms with Gasteiger partial charge in [0, 0.05) is 19.8 Å². The molecule has 0 spiro atoms. The maximum Gasteiger partial charge on any atom is 0.362 e. The van der Waals surface area contributed by atoms with Gasteiger partial charge in [0.2, 0.25) is 0 Å². The van der Waals surface area contributed by atoms with E-state index in [0.717, 1.165) is 38.5 Å². The quantitative estimate of drug-likeness (QED) is 0.0857. The fourth-order valence-electron chi connectivity index (χ4n) is 3.45. The summed E-state index contributed by atoms with van der Waals surface area (Å²) in [6.45, 7) is 3.54. The zero-order valence-electron chi connectivity index (χ0n) is 24.1. The van der Waals surface area contributed by atoms with Gasteiger partial charge in [-0.2, -0.15) is 0 Å². The SMILES string of the molecule is CC/C=C\C/C=C\C/C=C\C/C=C\CCCCC(=O)OC(COCCC(C(=O)O)[N+](C)(C)C)COC(C)=O. The highest BCUT2D eigenvalue weighted by molar-refractivity contribution is 5.72. The summed E-state index contributed by atoms with van der Waals surface area (Å²) in [6, 6.07) is -0.616. The molecule has 8 heteroatoms. The Labute approximate surface area is 229 Å². The molecular formula is C30H50NO7+. The van der Waals surface area contributed by atoms with E-state index in [1.807, 2.05) is 21.1 Å². The molecule has 8 nitrogen and oxygen atoms in total. The maximum atomic E-state index is 12.3. The zero-order valence-corrected chi connectivity index (χ0v) is 24.1. The molecule has 0 heterocycles. The van der Waals surface area contributed by atoms with Crippen LogP contribution in [0.4, 0.5) is 0 Å². The molecule has 0 aromatic rings. The van der Waals surface area contributed by atoms with Crippen LogP contribution in [-0.4, -0.2) is 80.6 Å².